The average Bonchev–Trinajstić information content (AvgIpc) is 3.05. The van der Waals surface area contributed by atoms with Crippen LogP contribution in [0.5, 0.6) is 0 Å². The molecule has 0 aromatic carbocycles. The van der Waals surface area contributed by atoms with Crippen molar-refractivity contribution in [2.75, 3.05) is 0 Å². The minimum absolute atomic E-state index is 0.104. The van der Waals surface area contributed by atoms with Crippen LogP contribution in [0.4, 0.5) is 4.79 Å². The first kappa shape index (κ1) is 15.3. The maximum Gasteiger partial charge on any atom is 0.326 e. The maximum absolute atomic E-state index is 11.6. The van der Waals surface area contributed by atoms with Crippen LogP contribution in [-0.2, 0) is 9.59 Å². The fraction of sp³-hybridized carbons (Fsp3) is 0.750. The number of rotatable bonds is 8. The molecule has 0 radical (unpaired) electrons. The Labute approximate surface area is 111 Å². The zero-order valence-electron chi connectivity index (χ0n) is 10.9. The predicted octanol–water partition coefficient (Wildman–Crippen LogP) is 0.792. The number of aliphatic carboxylic acids is 2. The van der Waals surface area contributed by atoms with Gasteiger partial charge in [0.15, 0.2) is 0 Å². The zero-order valence-corrected chi connectivity index (χ0v) is 10.9. The summed E-state index contributed by atoms with van der Waals surface area (Å²) in [5.74, 6) is -1.64. The Bertz CT molecular complexity index is 358. The van der Waals surface area contributed by atoms with Crippen LogP contribution in [-0.4, -0.2) is 40.3 Å². The Morgan fingerprint density at radius 1 is 1.32 bits per heavy atom. The van der Waals surface area contributed by atoms with Gasteiger partial charge in [-0.3, -0.25) is 4.79 Å². The summed E-state index contributed by atoms with van der Waals surface area (Å²) in [4.78, 5) is 32.9. The minimum Gasteiger partial charge on any atom is -0.481 e. The maximum atomic E-state index is 11.6. The van der Waals surface area contributed by atoms with Gasteiger partial charge < -0.3 is 20.8 Å². The van der Waals surface area contributed by atoms with E-state index in [-0.39, 0.29) is 25.3 Å². The third-order valence-electron chi connectivity index (χ3n) is 3.25. The van der Waals surface area contributed by atoms with Crippen LogP contribution in [0.25, 0.3) is 0 Å². The lowest BCUT2D eigenvalue weighted by molar-refractivity contribution is -0.140. The minimum atomic E-state index is -1.15. The molecule has 19 heavy (non-hydrogen) atoms. The first-order chi connectivity index (χ1) is 8.93. The monoisotopic (exact) mass is 272 g/mol. The van der Waals surface area contributed by atoms with Gasteiger partial charge in [-0.05, 0) is 25.2 Å². The Morgan fingerprint density at radius 2 is 2.00 bits per heavy atom. The van der Waals surface area contributed by atoms with Crippen LogP contribution in [0.1, 0.15) is 39.0 Å². The summed E-state index contributed by atoms with van der Waals surface area (Å²) in [5, 5.41) is 22.5. The number of carbonyl (C=O) groups is 3. The molecular formula is C12H20N2O5. The summed E-state index contributed by atoms with van der Waals surface area (Å²) in [7, 11) is 0. The van der Waals surface area contributed by atoms with Crippen molar-refractivity contribution in [2.45, 2.75) is 51.1 Å². The van der Waals surface area contributed by atoms with Crippen LogP contribution < -0.4 is 10.6 Å². The molecule has 2 amide bonds. The van der Waals surface area contributed by atoms with Gasteiger partial charge in [-0.25, -0.2) is 9.59 Å². The van der Waals surface area contributed by atoms with E-state index < -0.39 is 24.0 Å². The van der Waals surface area contributed by atoms with Crippen molar-refractivity contribution in [3.8, 4) is 0 Å². The van der Waals surface area contributed by atoms with Crippen molar-refractivity contribution < 1.29 is 24.6 Å². The standard InChI is InChI=1S/C12H20N2O5/c1-2-7-6-9(7)14-12(19)13-8(11(17)18)4-3-5-10(15)16/h7-9H,2-6H2,1H3,(H,15,16)(H,17,18)(H2,13,14,19)/t7?,8-,9?/m1/s1. The van der Waals surface area contributed by atoms with Crippen LogP contribution in [0.3, 0.4) is 0 Å². The second kappa shape index (κ2) is 6.96. The molecule has 1 rings (SSSR count). The SMILES string of the molecule is CCC1CC1NC(=O)N[C@H](CCCC(=O)O)C(=O)O. The smallest absolute Gasteiger partial charge is 0.326 e. The van der Waals surface area contributed by atoms with Gasteiger partial charge in [-0.2, -0.15) is 0 Å². The summed E-state index contributed by atoms with van der Waals surface area (Å²) >= 11 is 0. The number of hydrogen-bond donors (Lipinski definition) is 4. The Balaban J connectivity index is 2.30. The van der Waals surface area contributed by atoms with E-state index >= 15 is 0 Å². The van der Waals surface area contributed by atoms with Crippen LogP contribution in [0, 0.1) is 5.92 Å². The summed E-state index contributed by atoms with van der Waals surface area (Å²) < 4.78 is 0. The first-order valence-corrected chi connectivity index (χ1v) is 6.45. The molecule has 0 bridgehead atoms. The Morgan fingerprint density at radius 3 is 2.47 bits per heavy atom. The molecule has 2 unspecified atom stereocenters. The molecule has 0 aromatic rings. The molecule has 0 aromatic heterocycles. The van der Waals surface area contributed by atoms with Gasteiger partial charge in [0.2, 0.25) is 0 Å². The lowest BCUT2D eigenvalue weighted by Gasteiger charge is -2.14. The van der Waals surface area contributed by atoms with Crippen LogP contribution in [0.2, 0.25) is 0 Å². The summed E-state index contributed by atoms with van der Waals surface area (Å²) in [5.41, 5.74) is 0. The number of hydrogen-bond acceptors (Lipinski definition) is 3. The van der Waals surface area contributed by atoms with E-state index in [1.54, 1.807) is 0 Å². The summed E-state index contributed by atoms with van der Waals surface area (Å²) in [6, 6.07) is -1.40. The largest absolute Gasteiger partial charge is 0.481 e. The number of carboxylic acids is 2. The van der Waals surface area contributed by atoms with Crippen molar-refractivity contribution >= 4 is 18.0 Å². The van der Waals surface area contributed by atoms with Crippen molar-refractivity contribution in [2.24, 2.45) is 5.92 Å². The average molecular weight is 272 g/mol. The van der Waals surface area contributed by atoms with Crippen molar-refractivity contribution in [3.63, 3.8) is 0 Å². The highest BCUT2D eigenvalue weighted by Gasteiger charge is 2.36. The fourth-order valence-corrected chi connectivity index (χ4v) is 1.96. The molecule has 4 N–H and O–H groups in total. The zero-order chi connectivity index (χ0) is 14.4. The van der Waals surface area contributed by atoms with Gasteiger partial charge >= 0.3 is 18.0 Å². The van der Waals surface area contributed by atoms with Gasteiger partial charge in [-0.15, -0.1) is 0 Å². The molecule has 0 heterocycles. The molecule has 1 fully saturated rings. The normalized spacial score (nSPS) is 22.4. The van der Waals surface area contributed by atoms with Crippen molar-refractivity contribution in [3.05, 3.63) is 0 Å². The van der Waals surface area contributed by atoms with E-state index in [0.717, 1.165) is 12.8 Å². The number of amides is 2. The highest BCUT2D eigenvalue weighted by Crippen LogP contribution is 2.32. The highest BCUT2D eigenvalue weighted by molar-refractivity contribution is 5.82. The van der Waals surface area contributed by atoms with Crippen LogP contribution >= 0.6 is 0 Å². The summed E-state index contributed by atoms with van der Waals surface area (Å²) in [6.07, 6.45) is 2.14. The van der Waals surface area contributed by atoms with Crippen LogP contribution in [0.15, 0.2) is 0 Å². The van der Waals surface area contributed by atoms with Gasteiger partial charge in [0, 0.05) is 12.5 Å². The van der Waals surface area contributed by atoms with Crippen molar-refractivity contribution in [1.82, 2.24) is 10.6 Å². The lowest BCUT2D eigenvalue weighted by atomic mass is 10.1. The Hall–Kier alpha value is -1.79. The molecular weight excluding hydrogens is 252 g/mol. The number of urea groups is 1. The van der Waals surface area contributed by atoms with E-state index in [1.165, 1.54) is 0 Å². The molecule has 7 nitrogen and oxygen atoms in total. The lowest BCUT2D eigenvalue weighted by Crippen LogP contribution is -2.46. The first-order valence-electron chi connectivity index (χ1n) is 6.45. The van der Waals surface area contributed by atoms with E-state index in [1.807, 2.05) is 6.92 Å². The van der Waals surface area contributed by atoms with E-state index in [9.17, 15) is 14.4 Å². The van der Waals surface area contributed by atoms with Crippen molar-refractivity contribution in [1.29, 1.82) is 0 Å². The number of carboxylic acid groups (broad SMARTS) is 2. The molecule has 0 spiro atoms. The number of carbonyl (C=O) groups excluding carboxylic acids is 1. The molecule has 1 aliphatic carbocycles. The van der Waals surface area contributed by atoms with Gasteiger partial charge in [0.25, 0.3) is 0 Å². The van der Waals surface area contributed by atoms with E-state index in [4.69, 9.17) is 10.2 Å². The molecule has 0 aliphatic heterocycles. The third kappa shape index (κ3) is 5.58. The number of nitrogens with one attached hydrogen (secondary N) is 2. The van der Waals surface area contributed by atoms with Gasteiger partial charge in [-0.1, -0.05) is 13.3 Å². The molecule has 108 valence electrons. The predicted molar refractivity (Wildman–Crippen MR) is 66.8 cm³/mol. The summed E-state index contributed by atoms with van der Waals surface area (Å²) in [6.45, 7) is 2.04. The molecule has 3 atom stereocenters. The van der Waals surface area contributed by atoms with E-state index in [0.29, 0.717) is 5.92 Å². The second-order valence-corrected chi connectivity index (χ2v) is 4.81. The topological polar surface area (TPSA) is 116 Å². The van der Waals surface area contributed by atoms with E-state index in [2.05, 4.69) is 10.6 Å². The van der Waals surface area contributed by atoms with Gasteiger partial charge in [0.1, 0.15) is 6.04 Å². The Kier molecular flexibility index (Phi) is 5.59. The third-order valence-corrected chi connectivity index (χ3v) is 3.25. The molecule has 1 aliphatic rings. The highest BCUT2D eigenvalue weighted by atomic mass is 16.4. The second-order valence-electron chi connectivity index (χ2n) is 4.81. The fourth-order valence-electron chi connectivity index (χ4n) is 1.96. The quantitative estimate of drug-likeness (QED) is 0.521. The molecule has 0 saturated heterocycles. The molecule has 7 heteroatoms. The molecule has 1 saturated carbocycles. The van der Waals surface area contributed by atoms with Gasteiger partial charge in [0.05, 0.1) is 0 Å².